The molecule has 1 aliphatic heterocycles. The molecule has 0 unspecified atom stereocenters. The summed E-state index contributed by atoms with van der Waals surface area (Å²) in [5.74, 6) is -0.415. The molecule has 24 heavy (non-hydrogen) atoms. The molecule has 132 valence electrons. The van der Waals surface area contributed by atoms with Crippen molar-refractivity contribution in [1.82, 2.24) is 9.21 Å². The number of nitrogens with one attached hydrogen (secondary N) is 1. The fourth-order valence-corrected chi connectivity index (χ4v) is 3.52. The Morgan fingerprint density at radius 2 is 1.67 bits per heavy atom. The first-order valence-corrected chi connectivity index (χ1v) is 9.61. The van der Waals surface area contributed by atoms with Crippen LogP contribution in [0.15, 0.2) is 24.3 Å². The highest BCUT2D eigenvalue weighted by molar-refractivity contribution is 7.88. The molecule has 7 nitrogen and oxygen atoms in total. The predicted molar refractivity (Wildman–Crippen MR) is 92.2 cm³/mol. The molecule has 1 fully saturated rings. The molecular formula is C16H23N3O4S. The highest BCUT2D eigenvalue weighted by Gasteiger charge is 2.28. The van der Waals surface area contributed by atoms with Crippen molar-refractivity contribution in [2.45, 2.75) is 12.8 Å². The Hall–Kier alpha value is -1.93. The molecule has 1 aliphatic rings. The van der Waals surface area contributed by atoms with E-state index >= 15 is 0 Å². The molecule has 1 aromatic rings. The largest absolute Gasteiger partial charge is 0.345 e. The molecule has 0 atom stereocenters. The van der Waals surface area contributed by atoms with Crippen LogP contribution < -0.4 is 5.32 Å². The summed E-state index contributed by atoms with van der Waals surface area (Å²) in [6.45, 7) is 0.736. The van der Waals surface area contributed by atoms with Crippen LogP contribution in [-0.2, 0) is 14.8 Å². The van der Waals surface area contributed by atoms with Crippen molar-refractivity contribution in [2.75, 3.05) is 38.8 Å². The maximum absolute atomic E-state index is 12.3. The Kier molecular flexibility index (Phi) is 5.61. The van der Waals surface area contributed by atoms with Gasteiger partial charge in [0.15, 0.2) is 0 Å². The Morgan fingerprint density at radius 3 is 2.12 bits per heavy atom. The van der Waals surface area contributed by atoms with Crippen molar-refractivity contribution in [3.05, 3.63) is 29.8 Å². The number of nitrogens with zero attached hydrogens (tertiary/aromatic N) is 2. The van der Waals surface area contributed by atoms with Gasteiger partial charge < -0.3 is 10.2 Å². The van der Waals surface area contributed by atoms with E-state index in [-0.39, 0.29) is 17.7 Å². The fraction of sp³-hybridized carbons (Fsp3) is 0.500. The van der Waals surface area contributed by atoms with Gasteiger partial charge in [-0.15, -0.1) is 0 Å². The molecule has 0 aliphatic carbocycles. The Morgan fingerprint density at radius 1 is 1.12 bits per heavy atom. The molecular weight excluding hydrogens is 330 g/mol. The molecule has 2 rings (SSSR count). The molecule has 1 saturated heterocycles. The number of hydrogen-bond acceptors (Lipinski definition) is 4. The second kappa shape index (κ2) is 7.31. The van der Waals surface area contributed by atoms with Crippen molar-refractivity contribution < 1.29 is 18.0 Å². The van der Waals surface area contributed by atoms with Crippen LogP contribution in [0.5, 0.6) is 0 Å². The van der Waals surface area contributed by atoms with E-state index in [2.05, 4.69) is 5.32 Å². The molecule has 0 bridgehead atoms. The number of piperidine rings is 1. The van der Waals surface area contributed by atoms with Gasteiger partial charge in [0.25, 0.3) is 5.91 Å². The summed E-state index contributed by atoms with van der Waals surface area (Å²) < 4.78 is 24.4. The van der Waals surface area contributed by atoms with Crippen LogP contribution >= 0.6 is 0 Å². The first-order chi connectivity index (χ1) is 11.2. The van der Waals surface area contributed by atoms with Crippen molar-refractivity contribution in [3.63, 3.8) is 0 Å². The third-order valence-electron chi connectivity index (χ3n) is 4.10. The van der Waals surface area contributed by atoms with E-state index < -0.39 is 10.0 Å². The molecule has 1 heterocycles. The van der Waals surface area contributed by atoms with Crippen LogP contribution in [0.25, 0.3) is 0 Å². The van der Waals surface area contributed by atoms with E-state index in [4.69, 9.17) is 0 Å². The molecule has 1 aromatic carbocycles. The number of anilines is 1. The molecule has 0 aromatic heterocycles. The van der Waals surface area contributed by atoms with Crippen molar-refractivity contribution in [1.29, 1.82) is 0 Å². The summed E-state index contributed by atoms with van der Waals surface area (Å²) >= 11 is 0. The second-order valence-electron chi connectivity index (χ2n) is 6.20. The quantitative estimate of drug-likeness (QED) is 0.875. The topological polar surface area (TPSA) is 86.8 Å². The van der Waals surface area contributed by atoms with Crippen LogP contribution in [0.3, 0.4) is 0 Å². The van der Waals surface area contributed by atoms with E-state index in [1.54, 1.807) is 38.4 Å². The molecule has 0 saturated carbocycles. The van der Waals surface area contributed by atoms with Gasteiger partial charge in [-0.1, -0.05) is 0 Å². The summed E-state index contributed by atoms with van der Waals surface area (Å²) in [5.41, 5.74) is 1.18. The molecule has 2 amide bonds. The lowest BCUT2D eigenvalue weighted by molar-refractivity contribution is -0.120. The number of rotatable bonds is 4. The van der Waals surface area contributed by atoms with Crippen LogP contribution in [-0.4, -0.2) is 62.9 Å². The van der Waals surface area contributed by atoms with Gasteiger partial charge in [-0.3, -0.25) is 9.59 Å². The number of hydrogen-bond donors (Lipinski definition) is 1. The summed E-state index contributed by atoms with van der Waals surface area (Å²) in [7, 11) is 0.175. The monoisotopic (exact) mass is 353 g/mol. The minimum atomic E-state index is -3.19. The first-order valence-electron chi connectivity index (χ1n) is 7.76. The summed E-state index contributed by atoms with van der Waals surface area (Å²) in [4.78, 5) is 25.6. The van der Waals surface area contributed by atoms with Crippen molar-refractivity contribution in [2.24, 2.45) is 5.92 Å². The van der Waals surface area contributed by atoms with Crippen molar-refractivity contribution >= 4 is 27.5 Å². The lowest BCUT2D eigenvalue weighted by Gasteiger charge is -2.29. The van der Waals surface area contributed by atoms with Crippen LogP contribution in [0.1, 0.15) is 23.2 Å². The van der Waals surface area contributed by atoms with Crippen LogP contribution in [0.2, 0.25) is 0 Å². The maximum Gasteiger partial charge on any atom is 0.253 e. The SMILES string of the molecule is CN(C)C(=O)c1ccc(NC(=O)C2CCN(S(C)(=O)=O)CC2)cc1. The van der Waals surface area contributed by atoms with Gasteiger partial charge in [-0.05, 0) is 37.1 Å². The average Bonchev–Trinajstić information content (AvgIpc) is 2.54. The van der Waals surface area contributed by atoms with E-state index in [1.807, 2.05) is 0 Å². The molecule has 8 heteroatoms. The van der Waals surface area contributed by atoms with Gasteiger partial charge in [-0.25, -0.2) is 12.7 Å². The van der Waals surface area contributed by atoms with Gasteiger partial charge in [0.1, 0.15) is 0 Å². The molecule has 1 N–H and O–H groups in total. The van der Waals surface area contributed by atoms with Crippen LogP contribution in [0, 0.1) is 5.92 Å². The Balaban J connectivity index is 1.92. The smallest absolute Gasteiger partial charge is 0.253 e. The van der Waals surface area contributed by atoms with E-state index in [0.717, 1.165) is 0 Å². The third-order valence-corrected chi connectivity index (χ3v) is 5.40. The lowest BCUT2D eigenvalue weighted by atomic mass is 9.97. The van der Waals surface area contributed by atoms with Gasteiger partial charge >= 0.3 is 0 Å². The standard InChI is InChI=1S/C16H23N3O4S/c1-18(2)16(21)13-4-6-14(7-5-13)17-15(20)12-8-10-19(11-9-12)24(3,22)23/h4-7,12H,8-11H2,1-3H3,(H,17,20). The zero-order valence-electron chi connectivity index (χ0n) is 14.2. The first kappa shape index (κ1) is 18.4. The second-order valence-corrected chi connectivity index (χ2v) is 8.18. The van der Waals surface area contributed by atoms with E-state index in [1.165, 1.54) is 15.5 Å². The number of sulfonamides is 1. The molecule has 0 spiro atoms. The van der Waals surface area contributed by atoms with Gasteiger partial charge in [0, 0.05) is 44.4 Å². The van der Waals surface area contributed by atoms with Gasteiger partial charge in [0.05, 0.1) is 6.26 Å². The normalized spacial score (nSPS) is 16.6. The number of amides is 2. The van der Waals surface area contributed by atoms with Gasteiger partial charge in [0.2, 0.25) is 15.9 Å². The summed E-state index contributed by atoms with van der Waals surface area (Å²) in [6.07, 6.45) is 2.20. The Labute approximate surface area is 142 Å². The number of carbonyl (C=O) groups excluding carboxylic acids is 2. The summed E-state index contributed by atoms with van der Waals surface area (Å²) in [6, 6.07) is 6.73. The minimum absolute atomic E-state index is 0.0963. The predicted octanol–water partition coefficient (Wildman–Crippen LogP) is 0.998. The zero-order valence-corrected chi connectivity index (χ0v) is 15.0. The van der Waals surface area contributed by atoms with Crippen molar-refractivity contribution in [3.8, 4) is 0 Å². The number of benzene rings is 1. The number of carbonyl (C=O) groups is 2. The van der Waals surface area contributed by atoms with Crippen LogP contribution in [0.4, 0.5) is 5.69 Å². The summed E-state index contributed by atoms with van der Waals surface area (Å²) in [5, 5.41) is 2.83. The maximum atomic E-state index is 12.3. The fourth-order valence-electron chi connectivity index (χ4n) is 2.65. The Bertz CT molecular complexity index is 705. The highest BCUT2D eigenvalue weighted by Crippen LogP contribution is 2.21. The van der Waals surface area contributed by atoms with E-state index in [9.17, 15) is 18.0 Å². The highest BCUT2D eigenvalue weighted by atomic mass is 32.2. The lowest BCUT2D eigenvalue weighted by Crippen LogP contribution is -2.40. The third kappa shape index (κ3) is 4.55. The minimum Gasteiger partial charge on any atom is -0.345 e. The zero-order chi connectivity index (χ0) is 17.9. The average molecular weight is 353 g/mol. The molecule has 0 radical (unpaired) electrons. The van der Waals surface area contributed by atoms with E-state index in [0.29, 0.717) is 37.2 Å². The van der Waals surface area contributed by atoms with Gasteiger partial charge in [-0.2, -0.15) is 0 Å².